The predicted octanol–water partition coefficient (Wildman–Crippen LogP) is 2.39. The largest absolute Gasteiger partial charge is 0.475 e. The van der Waals surface area contributed by atoms with E-state index in [1.54, 1.807) is 30.3 Å². The zero-order valence-corrected chi connectivity index (χ0v) is 11.1. The summed E-state index contributed by atoms with van der Waals surface area (Å²) in [5, 5.41) is 8.63. The number of carbonyl (C=O) groups excluding carboxylic acids is 2. The van der Waals surface area contributed by atoms with Crippen LogP contribution in [0.15, 0.2) is 54.1 Å². The fourth-order valence-electron chi connectivity index (χ4n) is 1.91. The third-order valence-corrected chi connectivity index (χ3v) is 3.47. The fourth-order valence-corrected chi connectivity index (χ4v) is 2.16. The first-order chi connectivity index (χ1) is 9.44. The topological polar surface area (TPSA) is 71.4 Å². The van der Waals surface area contributed by atoms with E-state index in [2.05, 4.69) is 0 Å². The summed E-state index contributed by atoms with van der Waals surface area (Å²) in [6.45, 7) is 0. The molecule has 102 valence electrons. The average Bonchev–Trinajstić information content (AvgIpc) is 2.47. The molecule has 1 atom stereocenters. The Labute approximate surface area is 120 Å². The predicted molar refractivity (Wildman–Crippen MR) is 73.8 cm³/mol. The molecule has 0 saturated carbocycles. The molecule has 0 heterocycles. The minimum absolute atomic E-state index is 0.0367. The van der Waals surface area contributed by atoms with E-state index in [4.69, 9.17) is 16.7 Å². The maximum absolute atomic E-state index is 12.3. The number of carboxylic acid groups (broad SMARTS) is 1. The van der Waals surface area contributed by atoms with Gasteiger partial charge in [-0.15, -0.1) is 11.6 Å². The molecule has 1 aliphatic carbocycles. The molecule has 0 aliphatic heterocycles. The molecule has 2 rings (SSSR count). The first-order valence-electron chi connectivity index (χ1n) is 5.90. The summed E-state index contributed by atoms with van der Waals surface area (Å²) >= 11 is 6.27. The molecule has 1 unspecified atom stereocenters. The second kappa shape index (κ2) is 5.43. The van der Waals surface area contributed by atoms with Gasteiger partial charge in [0, 0.05) is 11.1 Å². The number of ketones is 2. The van der Waals surface area contributed by atoms with Crippen LogP contribution in [0.25, 0.3) is 0 Å². The van der Waals surface area contributed by atoms with Crippen LogP contribution in [0.5, 0.6) is 0 Å². The second-order valence-electron chi connectivity index (χ2n) is 4.39. The number of allylic oxidation sites excluding steroid dienone is 3. The number of halogens is 1. The monoisotopic (exact) mass is 290 g/mol. The highest BCUT2D eigenvalue weighted by Crippen LogP contribution is 2.31. The molecule has 0 fully saturated rings. The Hall–Kier alpha value is -2.20. The van der Waals surface area contributed by atoms with E-state index in [-0.39, 0.29) is 17.8 Å². The van der Waals surface area contributed by atoms with Crippen LogP contribution in [0.1, 0.15) is 16.8 Å². The molecule has 20 heavy (non-hydrogen) atoms. The van der Waals surface area contributed by atoms with Gasteiger partial charge < -0.3 is 5.11 Å². The number of benzene rings is 1. The van der Waals surface area contributed by atoms with Crippen molar-refractivity contribution in [2.75, 3.05) is 0 Å². The van der Waals surface area contributed by atoms with Crippen LogP contribution >= 0.6 is 11.6 Å². The van der Waals surface area contributed by atoms with E-state index in [0.717, 1.165) is 0 Å². The maximum atomic E-state index is 12.3. The van der Waals surface area contributed by atoms with Crippen molar-refractivity contribution in [3.8, 4) is 0 Å². The van der Waals surface area contributed by atoms with Crippen LogP contribution in [0.3, 0.4) is 0 Å². The van der Waals surface area contributed by atoms with Crippen molar-refractivity contribution in [2.24, 2.45) is 0 Å². The molecule has 1 aromatic carbocycles. The summed E-state index contributed by atoms with van der Waals surface area (Å²) in [4.78, 5) is 32.9. The molecule has 0 spiro atoms. The minimum atomic E-state index is -1.53. The number of carbonyl (C=O) groups is 3. The number of aliphatic carboxylic acids is 1. The molecule has 5 heteroatoms. The van der Waals surface area contributed by atoms with Crippen molar-refractivity contribution in [1.29, 1.82) is 0 Å². The first kappa shape index (κ1) is 14.2. The smallest absolute Gasteiger partial charge is 0.377 e. The highest BCUT2D eigenvalue weighted by Gasteiger charge is 2.35. The van der Waals surface area contributed by atoms with Gasteiger partial charge >= 0.3 is 5.97 Å². The average molecular weight is 291 g/mol. The third-order valence-electron chi connectivity index (χ3n) is 3.02. The van der Waals surface area contributed by atoms with Gasteiger partial charge in [0.15, 0.2) is 5.78 Å². The summed E-state index contributed by atoms with van der Waals surface area (Å²) in [6.07, 6.45) is 4.12. The molecule has 0 aromatic heterocycles. The number of carboxylic acids is 1. The lowest BCUT2D eigenvalue weighted by Crippen LogP contribution is -2.32. The molecule has 4 nitrogen and oxygen atoms in total. The van der Waals surface area contributed by atoms with Crippen molar-refractivity contribution in [3.05, 3.63) is 59.7 Å². The Balaban J connectivity index is 2.21. The lowest BCUT2D eigenvalue weighted by molar-refractivity contribution is -0.147. The standard InChI is InChI=1S/C15H11ClO4/c16-15(13(18)11-4-2-1-3-5-11)8-6-10(7-9-15)12(17)14(19)20/h1-8H,9H2,(H,19,20). The van der Waals surface area contributed by atoms with Gasteiger partial charge in [0.2, 0.25) is 0 Å². The lowest BCUT2D eigenvalue weighted by atomic mass is 9.88. The highest BCUT2D eigenvalue weighted by molar-refractivity contribution is 6.42. The Bertz CT molecular complexity index is 631. The summed E-state index contributed by atoms with van der Waals surface area (Å²) in [5.74, 6) is -2.82. The summed E-state index contributed by atoms with van der Waals surface area (Å²) in [7, 11) is 0. The quantitative estimate of drug-likeness (QED) is 0.525. The van der Waals surface area contributed by atoms with Gasteiger partial charge in [-0.3, -0.25) is 9.59 Å². The van der Waals surface area contributed by atoms with Gasteiger partial charge in [-0.25, -0.2) is 4.79 Å². The van der Waals surface area contributed by atoms with Crippen LogP contribution in [0.4, 0.5) is 0 Å². The lowest BCUT2D eigenvalue weighted by Gasteiger charge is -2.23. The minimum Gasteiger partial charge on any atom is -0.475 e. The van der Waals surface area contributed by atoms with Crippen LogP contribution < -0.4 is 0 Å². The van der Waals surface area contributed by atoms with E-state index in [0.29, 0.717) is 5.56 Å². The van der Waals surface area contributed by atoms with Gasteiger partial charge in [0.25, 0.3) is 5.78 Å². The Morgan fingerprint density at radius 1 is 1.15 bits per heavy atom. The van der Waals surface area contributed by atoms with Crippen molar-refractivity contribution < 1.29 is 19.5 Å². The van der Waals surface area contributed by atoms with E-state index >= 15 is 0 Å². The third kappa shape index (κ3) is 2.70. The van der Waals surface area contributed by atoms with E-state index in [1.807, 2.05) is 0 Å². The van der Waals surface area contributed by atoms with Crippen molar-refractivity contribution >= 4 is 29.1 Å². The first-order valence-corrected chi connectivity index (χ1v) is 6.27. The normalized spacial score (nSPS) is 21.1. The molecule has 0 radical (unpaired) electrons. The molecule has 0 saturated heterocycles. The Kier molecular flexibility index (Phi) is 3.86. The SMILES string of the molecule is O=C(O)C(=O)C1=CCC(Cl)(C(=O)c2ccccc2)C=C1. The second-order valence-corrected chi connectivity index (χ2v) is 5.06. The zero-order chi connectivity index (χ0) is 14.8. The van der Waals surface area contributed by atoms with Crippen molar-refractivity contribution in [1.82, 2.24) is 0 Å². The molecule has 0 bridgehead atoms. The number of Topliss-reactive ketones (excluding diaryl/α,β-unsaturated/α-hetero) is 2. The highest BCUT2D eigenvalue weighted by atomic mass is 35.5. The van der Waals surface area contributed by atoms with Crippen LogP contribution in [-0.2, 0) is 9.59 Å². The van der Waals surface area contributed by atoms with Crippen molar-refractivity contribution in [2.45, 2.75) is 11.3 Å². The summed E-state index contributed by atoms with van der Waals surface area (Å²) in [6, 6.07) is 8.56. The van der Waals surface area contributed by atoms with Gasteiger partial charge in [0.1, 0.15) is 4.87 Å². The van der Waals surface area contributed by atoms with Gasteiger partial charge in [-0.1, -0.05) is 48.6 Å². The Morgan fingerprint density at radius 3 is 2.30 bits per heavy atom. The molecule has 1 aromatic rings. The van der Waals surface area contributed by atoms with Crippen LogP contribution in [-0.4, -0.2) is 27.5 Å². The van der Waals surface area contributed by atoms with Crippen LogP contribution in [0.2, 0.25) is 0 Å². The molecule has 1 N–H and O–H groups in total. The van der Waals surface area contributed by atoms with Crippen molar-refractivity contribution in [3.63, 3.8) is 0 Å². The van der Waals surface area contributed by atoms with E-state index in [1.165, 1.54) is 18.2 Å². The Morgan fingerprint density at radius 2 is 1.80 bits per heavy atom. The number of hydrogen-bond donors (Lipinski definition) is 1. The summed E-state index contributed by atoms with van der Waals surface area (Å²) in [5.41, 5.74) is 0.503. The molecule has 0 amide bonds. The van der Waals surface area contributed by atoms with E-state index in [9.17, 15) is 14.4 Å². The number of hydrogen-bond acceptors (Lipinski definition) is 3. The number of rotatable bonds is 4. The summed E-state index contributed by atoms with van der Waals surface area (Å²) < 4.78 is 0. The maximum Gasteiger partial charge on any atom is 0.377 e. The van der Waals surface area contributed by atoms with Gasteiger partial charge in [0.05, 0.1) is 0 Å². The zero-order valence-electron chi connectivity index (χ0n) is 10.4. The number of alkyl halides is 1. The molecular formula is C15H11ClO4. The fraction of sp³-hybridized carbons (Fsp3) is 0.133. The molecule has 1 aliphatic rings. The van der Waals surface area contributed by atoms with Gasteiger partial charge in [-0.2, -0.15) is 0 Å². The van der Waals surface area contributed by atoms with Crippen LogP contribution in [0, 0.1) is 0 Å². The molecular weight excluding hydrogens is 280 g/mol. The van der Waals surface area contributed by atoms with E-state index < -0.39 is 16.6 Å². The van der Waals surface area contributed by atoms with Gasteiger partial charge in [-0.05, 0) is 6.42 Å².